The number of ether oxygens (including phenoxy) is 2. The van der Waals surface area contributed by atoms with Crippen LogP contribution in [-0.2, 0) is 20.9 Å². The molecule has 2 aromatic rings. The summed E-state index contributed by atoms with van der Waals surface area (Å²) in [5.41, 5.74) is 2.63. The predicted octanol–water partition coefficient (Wildman–Crippen LogP) is 3.58. The fourth-order valence-electron chi connectivity index (χ4n) is 2.47. The normalized spacial score (nSPS) is 11.5. The van der Waals surface area contributed by atoms with E-state index in [-0.39, 0.29) is 12.5 Å². The summed E-state index contributed by atoms with van der Waals surface area (Å²) < 4.78 is 10.7. The number of carbonyl (C=O) groups excluding carboxylic acids is 2. The van der Waals surface area contributed by atoms with Crippen LogP contribution in [0.5, 0.6) is 5.75 Å². The molecule has 0 spiro atoms. The minimum atomic E-state index is -0.901. The number of nitrogens with one attached hydrogen (secondary N) is 1. The smallest absolute Gasteiger partial charge is 0.344 e. The molecule has 0 aliphatic rings. The van der Waals surface area contributed by atoms with E-state index in [1.54, 1.807) is 12.1 Å². The number of esters is 1. The van der Waals surface area contributed by atoms with Crippen molar-refractivity contribution in [1.82, 2.24) is 5.32 Å². The zero-order valence-corrected chi connectivity index (χ0v) is 15.8. The van der Waals surface area contributed by atoms with Crippen LogP contribution in [0.1, 0.15) is 23.6 Å². The topological polar surface area (TPSA) is 64.6 Å². The Morgan fingerprint density at radius 1 is 1.12 bits per heavy atom. The van der Waals surface area contributed by atoms with Gasteiger partial charge in [0.25, 0.3) is 5.91 Å². The van der Waals surface area contributed by atoms with Gasteiger partial charge in [-0.3, -0.25) is 4.79 Å². The lowest BCUT2D eigenvalue weighted by Crippen LogP contribution is -2.36. The van der Waals surface area contributed by atoms with E-state index in [0.717, 1.165) is 16.7 Å². The van der Waals surface area contributed by atoms with Gasteiger partial charge in [0.05, 0.1) is 0 Å². The minimum Gasteiger partial charge on any atom is -0.481 e. The summed E-state index contributed by atoms with van der Waals surface area (Å²) in [5.74, 6) is -0.380. The van der Waals surface area contributed by atoms with Crippen LogP contribution in [0, 0.1) is 13.8 Å². The Morgan fingerprint density at radius 2 is 1.73 bits per heavy atom. The summed E-state index contributed by atoms with van der Waals surface area (Å²) in [7, 11) is 0. The summed E-state index contributed by atoms with van der Waals surface area (Å²) >= 11 is 5.97. The molecule has 0 aliphatic heterocycles. The molecule has 1 N–H and O–H groups in total. The number of halogens is 1. The van der Waals surface area contributed by atoms with Gasteiger partial charge in [-0.1, -0.05) is 41.9 Å². The standard InChI is InChI=1S/C20H22ClNO4/c1-13-9-17(21)10-14(2)19(13)25-12-18(23)26-15(3)20(24)22-11-16-7-5-4-6-8-16/h4-10,15H,11-12H2,1-3H3,(H,22,24)/t15-/m0/s1. The molecule has 0 aliphatic carbocycles. The molecule has 0 radical (unpaired) electrons. The lowest BCUT2D eigenvalue weighted by atomic mass is 10.1. The Balaban J connectivity index is 1.80. The van der Waals surface area contributed by atoms with Gasteiger partial charge in [-0.05, 0) is 49.6 Å². The van der Waals surface area contributed by atoms with Crippen molar-refractivity contribution in [3.05, 3.63) is 64.2 Å². The third-order valence-corrected chi connectivity index (χ3v) is 3.96. The van der Waals surface area contributed by atoms with Crippen molar-refractivity contribution < 1.29 is 19.1 Å². The molecule has 0 saturated carbocycles. The molecule has 0 unspecified atom stereocenters. The Morgan fingerprint density at radius 3 is 2.35 bits per heavy atom. The maximum Gasteiger partial charge on any atom is 0.344 e. The second-order valence-corrected chi connectivity index (χ2v) is 6.43. The fraction of sp³-hybridized carbons (Fsp3) is 0.300. The lowest BCUT2D eigenvalue weighted by Gasteiger charge is -2.15. The summed E-state index contributed by atoms with van der Waals surface area (Å²) in [6, 6.07) is 13.0. The van der Waals surface area contributed by atoms with Crippen LogP contribution in [-0.4, -0.2) is 24.6 Å². The van der Waals surface area contributed by atoms with E-state index in [1.807, 2.05) is 44.2 Å². The monoisotopic (exact) mass is 375 g/mol. The molecule has 6 heteroatoms. The first kappa shape index (κ1) is 19.8. The summed E-state index contributed by atoms with van der Waals surface area (Å²) in [5, 5.41) is 3.34. The van der Waals surface area contributed by atoms with Crippen molar-refractivity contribution in [2.75, 3.05) is 6.61 Å². The molecule has 0 bridgehead atoms. The summed E-state index contributed by atoms with van der Waals surface area (Å²) in [6.07, 6.45) is -0.901. The van der Waals surface area contributed by atoms with E-state index < -0.39 is 12.1 Å². The van der Waals surface area contributed by atoms with Crippen LogP contribution in [0.2, 0.25) is 5.02 Å². The second-order valence-electron chi connectivity index (χ2n) is 5.99. The first-order valence-electron chi connectivity index (χ1n) is 8.27. The van der Waals surface area contributed by atoms with Gasteiger partial charge in [0.2, 0.25) is 0 Å². The number of hydrogen-bond donors (Lipinski definition) is 1. The van der Waals surface area contributed by atoms with E-state index in [4.69, 9.17) is 21.1 Å². The molecule has 0 saturated heterocycles. The van der Waals surface area contributed by atoms with Crippen LogP contribution in [0.3, 0.4) is 0 Å². The summed E-state index contributed by atoms with van der Waals surface area (Å²) in [4.78, 5) is 24.0. The zero-order valence-electron chi connectivity index (χ0n) is 15.0. The number of amides is 1. The van der Waals surface area contributed by atoms with Crippen LogP contribution in [0.15, 0.2) is 42.5 Å². The highest BCUT2D eigenvalue weighted by molar-refractivity contribution is 6.30. The highest BCUT2D eigenvalue weighted by Crippen LogP contribution is 2.26. The highest BCUT2D eigenvalue weighted by Gasteiger charge is 2.18. The van der Waals surface area contributed by atoms with Crippen LogP contribution in [0.25, 0.3) is 0 Å². The maximum absolute atomic E-state index is 12.0. The number of rotatable bonds is 7. The van der Waals surface area contributed by atoms with Gasteiger partial charge in [-0.2, -0.15) is 0 Å². The molecule has 0 heterocycles. The van der Waals surface area contributed by atoms with Gasteiger partial charge in [0, 0.05) is 11.6 Å². The minimum absolute atomic E-state index is 0.278. The first-order valence-corrected chi connectivity index (χ1v) is 8.65. The summed E-state index contributed by atoms with van der Waals surface area (Å²) in [6.45, 7) is 5.32. The Bertz CT molecular complexity index is 754. The van der Waals surface area contributed by atoms with E-state index in [9.17, 15) is 9.59 Å². The van der Waals surface area contributed by atoms with Crippen molar-refractivity contribution in [1.29, 1.82) is 0 Å². The number of aryl methyl sites for hydroxylation is 2. The van der Waals surface area contributed by atoms with Crippen molar-refractivity contribution >= 4 is 23.5 Å². The molecule has 138 valence electrons. The third-order valence-electron chi connectivity index (χ3n) is 3.75. The van der Waals surface area contributed by atoms with Gasteiger partial charge < -0.3 is 14.8 Å². The van der Waals surface area contributed by atoms with Gasteiger partial charge in [-0.15, -0.1) is 0 Å². The SMILES string of the molecule is Cc1cc(Cl)cc(C)c1OCC(=O)O[C@@H](C)C(=O)NCc1ccccc1. The second kappa shape index (κ2) is 9.25. The van der Waals surface area contributed by atoms with Crippen LogP contribution < -0.4 is 10.1 Å². The Hall–Kier alpha value is -2.53. The highest BCUT2D eigenvalue weighted by atomic mass is 35.5. The Kier molecular flexibility index (Phi) is 7.04. The first-order chi connectivity index (χ1) is 12.4. The van der Waals surface area contributed by atoms with E-state index in [1.165, 1.54) is 6.92 Å². The van der Waals surface area contributed by atoms with Crippen LogP contribution in [0.4, 0.5) is 0 Å². The maximum atomic E-state index is 12.0. The van der Waals surface area contributed by atoms with Gasteiger partial charge in [0.15, 0.2) is 12.7 Å². The van der Waals surface area contributed by atoms with Crippen molar-refractivity contribution in [3.8, 4) is 5.75 Å². The molecule has 2 rings (SSSR count). The largest absolute Gasteiger partial charge is 0.481 e. The van der Waals surface area contributed by atoms with Crippen molar-refractivity contribution in [2.24, 2.45) is 0 Å². The van der Waals surface area contributed by atoms with Crippen molar-refractivity contribution in [3.63, 3.8) is 0 Å². The van der Waals surface area contributed by atoms with Gasteiger partial charge >= 0.3 is 5.97 Å². The molecule has 5 nitrogen and oxygen atoms in total. The molecule has 1 atom stereocenters. The average Bonchev–Trinajstić information content (AvgIpc) is 2.59. The van der Waals surface area contributed by atoms with E-state index >= 15 is 0 Å². The van der Waals surface area contributed by atoms with Crippen molar-refractivity contribution in [2.45, 2.75) is 33.4 Å². The molecular weight excluding hydrogens is 354 g/mol. The molecule has 0 aromatic heterocycles. The molecular formula is C20H22ClNO4. The molecule has 0 fully saturated rings. The van der Waals surface area contributed by atoms with E-state index in [0.29, 0.717) is 17.3 Å². The zero-order chi connectivity index (χ0) is 19.1. The lowest BCUT2D eigenvalue weighted by molar-refractivity contribution is -0.156. The Labute approximate surface area is 158 Å². The van der Waals surface area contributed by atoms with Gasteiger partial charge in [0.1, 0.15) is 5.75 Å². The molecule has 1 amide bonds. The molecule has 2 aromatic carbocycles. The average molecular weight is 376 g/mol. The molecule has 26 heavy (non-hydrogen) atoms. The fourth-order valence-corrected chi connectivity index (χ4v) is 2.80. The van der Waals surface area contributed by atoms with Gasteiger partial charge in [-0.25, -0.2) is 4.79 Å². The number of hydrogen-bond acceptors (Lipinski definition) is 4. The third kappa shape index (κ3) is 5.77. The van der Waals surface area contributed by atoms with Crippen LogP contribution >= 0.6 is 11.6 Å². The number of carbonyl (C=O) groups is 2. The van der Waals surface area contributed by atoms with E-state index in [2.05, 4.69) is 5.32 Å². The number of benzene rings is 2. The predicted molar refractivity (Wildman–Crippen MR) is 100 cm³/mol. The quantitative estimate of drug-likeness (QED) is 0.751.